The van der Waals surface area contributed by atoms with Crippen LogP contribution < -0.4 is 0 Å². The Bertz CT molecular complexity index is 2440. The molecule has 7 nitrogen and oxygen atoms in total. The number of aromatic hydroxyl groups is 1. The van der Waals surface area contributed by atoms with Crippen molar-refractivity contribution < 1.29 is 30.6 Å². The number of hydrogen-bond acceptors (Lipinski definition) is 5. The molecule has 0 bridgehead atoms. The van der Waals surface area contributed by atoms with Crippen LogP contribution in [-0.4, -0.2) is 29.0 Å². The van der Waals surface area contributed by atoms with Gasteiger partial charge >= 0.3 is 0 Å². The number of furan rings is 1. The Kier molecular flexibility index (Phi) is 6.51. The zero-order chi connectivity index (χ0) is 30.5. The van der Waals surface area contributed by atoms with Crippen molar-refractivity contribution in [1.29, 1.82) is 0 Å². The number of hydrogen-bond donors (Lipinski definition) is 1. The quantitative estimate of drug-likeness (QED) is 0.178. The number of imidazole rings is 2. The summed E-state index contributed by atoms with van der Waals surface area (Å²) in [7, 11) is 0. The van der Waals surface area contributed by atoms with E-state index in [-0.39, 0.29) is 37.6 Å². The minimum Gasteiger partial charge on any atom is -0.506 e. The van der Waals surface area contributed by atoms with Crippen molar-refractivity contribution in [2.24, 2.45) is 0 Å². The summed E-state index contributed by atoms with van der Waals surface area (Å²) in [5, 5.41) is 12.0. The van der Waals surface area contributed by atoms with E-state index in [2.05, 4.69) is 104 Å². The number of pyridine rings is 2. The van der Waals surface area contributed by atoms with Crippen molar-refractivity contribution in [1.82, 2.24) is 23.9 Å². The monoisotopic (exact) mass is 773 g/mol. The number of fused-ring (bicyclic) bond motifs is 8. The summed E-state index contributed by atoms with van der Waals surface area (Å²) < 4.78 is 10.5. The molecule has 0 spiro atoms. The van der Waals surface area contributed by atoms with E-state index < -0.39 is 0 Å². The molecule has 0 atom stereocenters. The predicted octanol–water partition coefficient (Wildman–Crippen LogP) is 8.89. The number of nitrogens with zero attached hydrogens (tertiary/aromatic N) is 5. The third-order valence-corrected chi connectivity index (χ3v) is 8.51. The number of phenolic OH excluding ortho intramolecular Hbond substituents is 1. The summed E-state index contributed by atoms with van der Waals surface area (Å²) in [4.78, 5) is 14.9. The number of phenols is 1. The van der Waals surface area contributed by atoms with E-state index in [1.807, 2.05) is 18.2 Å². The van der Waals surface area contributed by atoms with Gasteiger partial charge in [0.1, 0.15) is 22.6 Å². The smallest absolute Gasteiger partial charge is 0.220 e. The first-order valence-corrected chi connectivity index (χ1v) is 14.9. The average Bonchev–Trinajstić information content (AvgIpc) is 3.64. The van der Waals surface area contributed by atoms with Crippen LogP contribution >= 0.6 is 0 Å². The molecule has 3 aromatic carbocycles. The van der Waals surface area contributed by atoms with Crippen molar-refractivity contribution in [3.63, 3.8) is 0 Å². The maximum atomic E-state index is 11.2. The van der Waals surface area contributed by atoms with Gasteiger partial charge in [0.2, 0.25) is 5.78 Å². The Morgan fingerprint density at radius 1 is 0.800 bits per heavy atom. The summed E-state index contributed by atoms with van der Waals surface area (Å²) in [5.74, 6) is 0.922. The zero-order valence-electron chi connectivity index (χ0n) is 25.9. The molecule has 0 saturated heterocycles. The number of rotatable bonds is 2. The van der Waals surface area contributed by atoms with Gasteiger partial charge in [-0.15, -0.1) is 12.1 Å². The van der Waals surface area contributed by atoms with E-state index >= 15 is 0 Å². The molecule has 8 aromatic rings. The molecule has 0 unspecified atom stereocenters. The summed E-state index contributed by atoms with van der Waals surface area (Å²) in [5.41, 5.74) is 10.1. The minimum atomic E-state index is -0.209. The Balaban J connectivity index is 0.00000325. The first-order valence-electron chi connectivity index (χ1n) is 14.9. The fourth-order valence-electron chi connectivity index (χ4n) is 6.23. The molecule has 5 aromatic heterocycles. The van der Waals surface area contributed by atoms with E-state index in [1.165, 1.54) is 0 Å². The minimum absolute atomic E-state index is 0. The van der Waals surface area contributed by atoms with Crippen LogP contribution in [0.2, 0.25) is 0 Å². The van der Waals surface area contributed by atoms with Crippen LogP contribution in [0.3, 0.4) is 0 Å². The SMILES string of the molecule is CC(C)(C)c1ccc(O)c(-n2c3ccccc3n3c4cccc(-c5cc(C(C)(C)C)c6oc7ncc[c-]c7c6n5)c4nc23)c1.[Pt]. The van der Waals surface area contributed by atoms with Crippen LogP contribution in [0.5, 0.6) is 5.75 Å². The Labute approximate surface area is 274 Å². The zero-order valence-corrected chi connectivity index (χ0v) is 28.2. The van der Waals surface area contributed by atoms with Gasteiger partial charge in [-0.3, -0.25) is 14.0 Å². The van der Waals surface area contributed by atoms with Crippen LogP contribution in [0.1, 0.15) is 52.7 Å². The largest absolute Gasteiger partial charge is 0.506 e. The molecular formula is C37H32N5O2Pt-. The van der Waals surface area contributed by atoms with Gasteiger partial charge in [-0.05, 0) is 58.4 Å². The molecule has 0 saturated carbocycles. The molecule has 8 heteroatoms. The van der Waals surface area contributed by atoms with Crippen LogP contribution in [0.4, 0.5) is 0 Å². The van der Waals surface area contributed by atoms with E-state index in [0.29, 0.717) is 11.4 Å². The molecular weight excluding hydrogens is 742 g/mol. The van der Waals surface area contributed by atoms with Gasteiger partial charge in [-0.2, -0.15) is 0 Å². The summed E-state index contributed by atoms with van der Waals surface area (Å²) >= 11 is 0. The normalized spacial score (nSPS) is 12.6. The van der Waals surface area contributed by atoms with Gasteiger partial charge in [0.15, 0.2) is 0 Å². The van der Waals surface area contributed by atoms with Gasteiger partial charge in [-0.1, -0.05) is 83.5 Å². The Morgan fingerprint density at radius 2 is 1.56 bits per heavy atom. The maximum Gasteiger partial charge on any atom is 0.220 e. The molecule has 0 amide bonds. The molecule has 0 radical (unpaired) electrons. The predicted molar refractivity (Wildman–Crippen MR) is 176 cm³/mol. The molecule has 0 aliphatic rings. The fraction of sp³-hybridized carbons (Fsp3) is 0.216. The van der Waals surface area contributed by atoms with E-state index in [0.717, 1.165) is 66.7 Å². The van der Waals surface area contributed by atoms with Crippen LogP contribution in [0, 0.1) is 6.07 Å². The Hall–Kier alpha value is -4.48. The molecule has 0 aliphatic carbocycles. The number of benzene rings is 3. The fourth-order valence-corrected chi connectivity index (χ4v) is 6.23. The molecule has 0 aliphatic heterocycles. The van der Waals surface area contributed by atoms with Crippen molar-refractivity contribution in [3.8, 4) is 22.7 Å². The van der Waals surface area contributed by atoms with Crippen molar-refractivity contribution in [2.45, 2.75) is 52.4 Å². The molecule has 45 heavy (non-hydrogen) atoms. The standard InChI is InChI=1S/C37H32N5O2.Pt/c1-36(2,3)21-16-17-30(43)29(19-21)42-27-14-8-7-13-26(27)41-28-15-9-11-22(31(28)40-35(41)42)25-20-24(37(4,5)6)33-32(39-25)23-12-10-18-38-34(23)44-33;/h7-11,13-20,43H,1-6H3;/q-1;. The van der Waals surface area contributed by atoms with Gasteiger partial charge in [0, 0.05) is 32.1 Å². The van der Waals surface area contributed by atoms with Crippen molar-refractivity contribution in [3.05, 3.63) is 96.2 Å². The number of aromatic nitrogens is 5. The third-order valence-electron chi connectivity index (χ3n) is 8.51. The summed E-state index contributed by atoms with van der Waals surface area (Å²) in [6.45, 7) is 13.1. The first-order chi connectivity index (χ1) is 21.0. The van der Waals surface area contributed by atoms with E-state index in [1.54, 1.807) is 18.3 Å². The van der Waals surface area contributed by atoms with E-state index in [9.17, 15) is 5.11 Å². The second-order valence-corrected chi connectivity index (χ2v) is 13.6. The molecule has 5 heterocycles. The molecule has 1 N–H and O–H groups in total. The third kappa shape index (κ3) is 4.39. The second kappa shape index (κ2) is 10.0. The van der Waals surface area contributed by atoms with E-state index in [4.69, 9.17) is 14.4 Å². The molecule has 0 fully saturated rings. The summed E-state index contributed by atoms with van der Waals surface area (Å²) in [6.07, 6.45) is 1.69. The van der Waals surface area contributed by atoms with Gasteiger partial charge < -0.3 is 14.5 Å². The van der Waals surface area contributed by atoms with Crippen LogP contribution in [-0.2, 0) is 31.9 Å². The van der Waals surface area contributed by atoms with Gasteiger partial charge in [0.05, 0.1) is 27.9 Å². The first kappa shape index (κ1) is 29.2. The molecule has 228 valence electrons. The second-order valence-electron chi connectivity index (χ2n) is 13.6. The maximum absolute atomic E-state index is 11.2. The molecule has 8 rings (SSSR count). The van der Waals surface area contributed by atoms with Gasteiger partial charge in [0.25, 0.3) is 0 Å². The van der Waals surface area contributed by atoms with Crippen LogP contribution in [0.25, 0.3) is 67.0 Å². The van der Waals surface area contributed by atoms with Crippen molar-refractivity contribution >= 4 is 50.0 Å². The van der Waals surface area contributed by atoms with Gasteiger partial charge in [-0.25, -0.2) is 4.98 Å². The summed E-state index contributed by atoms with van der Waals surface area (Å²) in [6, 6.07) is 27.5. The topological polar surface area (TPSA) is 81.4 Å². The average molecular weight is 774 g/mol. The van der Waals surface area contributed by atoms with Crippen molar-refractivity contribution in [2.75, 3.05) is 0 Å². The Morgan fingerprint density at radius 3 is 2.31 bits per heavy atom. The number of para-hydroxylation sites is 3. The van der Waals surface area contributed by atoms with Crippen LogP contribution in [0.15, 0.2) is 83.4 Å².